The molecule has 0 unspecified atom stereocenters. The molecule has 24 heavy (non-hydrogen) atoms. The van der Waals surface area contributed by atoms with E-state index in [9.17, 15) is 4.79 Å². The van der Waals surface area contributed by atoms with Gasteiger partial charge in [-0.25, -0.2) is 9.78 Å². The molecule has 7 nitrogen and oxygen atoms in total. The van der Waals surface area contributed by atoms with Gasteiger partial charge in [-0.15, -0.1) is 0 Å². The Hall–Kier alpha value is -2.05. The monoisotopic (exact) mass is 334 g/mol. The van der Waals surface area contributed by atoms with Crippen molar-refractivity contribution in [1.82, 2.24) is 14.9 Å². The van der Waals surface area contributed by atoms with Crippen molar-refractivity contribution in [3.63, 3.8) is 0 Å². The number of ether oxygens (including phenoxy) is 2. The van der Waals surface area contributed by atoms with Gasteiger partial charge in [0.1, 0.15) is 11.7 Å². The van der Waals surface area contributed by atoms with Gasteiger partial charge in [0.25, 0.3) is 0 Å². The maximum absolute atomic E-state index is 12.1. The first-order valence-corrected chi connectivity index (χ1v) is 8.55. The fraction of sp³-hybridized carbons (Fsp3) is 0.706. The summed E-state index contributed by atoms with van der Waals surface area (Å²) in [7, 11) is 0. The number of amides is 1. The molecule has 1 saturated heterocycles. The molecule has 0 bridgehead atoms. The molecule has 1 aromatic rings. The van der Waals surface area contributed by atoms with Gasteiger partial charge in [-0.1, -0.05) is 0 Å². The van der Waals surface area contributed by atoms with E-state index >= 15 is 0 Å². The molecular formula is C17H26N4O3. The van der Waals surface area contributed by atoms with Crippen LogP contribution in [0.25, 0.3) is 0 Å². The first-order valence-electron chi connectivity index (χ1n) is 8.55. The number of carbonyl (C=O) groups is 1. The van der Waals surface area contributed by atoms with E-state index in [4.69, 9.17) is 9.47 Å². The van der Waals surface area contributed by atoms with Gasteiger partial charge in [0.15, 0.2) is 0 Å². The Kier molecular flexibility index (Phi) is 4.51. The lowest BCUT2D eigenvalue weighted by Gasteiger charge is -2.24. The summed E-state index contributed by atoms with van der Waals surface area (Å²) in [5.74, 6) is 1.20. The summed E-state index contributed by atoms with van der Waals surface area (Å²) in [5, 5.41) is 3.30. The zero-order valence-electron chi connectivity index (χ0n) is 14.8. The molecule has 1 aliphatic heterocycles. The molecule has 1 aromatic heterocycles. The Balaban J connectivity index is 1.56. The van der Waals surface area contributed by atoms with E-state index in [0.29, 0.717) is 31.0 Å². The Morgan fingerprint density at radius 2 is 2.08 bits per heavy atom. The van der Waals surface area contributed by atoms with Crippen LogP contribution in [-0.2, 0) is 4.74 Å². The van der Waals surface area contributed by atoms with Crippen molar-refractivity contribution in [2.24, 2.45) is 0 Å². The van der Waals surface area contributed by atoms with Crippen LogP contribution in [0.1, 0.15) is 45.6 Å². The Morgan fingerprint density at radius 3 is 2.75 bits per heavy atom. The van der Waals surface area contributed by atoms with Gasteiger partial charge in [-0.3, -0.25) is 0 Å². The van der Waals surface area contributed by atoms with Crippen LogP contribution in [0.15, 0.2) is 6.20 Å². The first-order chi connectivity index (χ1) is 11.3. The third-order valence-electron chi connectivity index (χ3n) is 3.90. The molecule has 2 fully saturated rings. The number of nitrogens with one attached hydrogen (secondary N) is 1. The van der Waals surface area contributed by atoms with Crippen molar-refractivity contribution in [3.8, 4) is 5.88 Å². The smallest absolute Gasteiger partial charge is 0.410 e. The van der Waals surface area contributed by atoms with Crippen LogP contribution >= 0.6 is 0 Å². The highest BCUT2D eigenvalue weighted by molar-refractivity contribution is 5.68. The van der Waals surface area contributed by atoms with E-state index < -0.39 is 5.60 Å². The quantitative estimate of drug-likeness (QED) is 0.912. The third-order valence-corrected chi connectivity index (χ3v) is 3.90. The van der Waals surface area contributed by atoms with Gasteiger partial charge in [-0.05, 0) is 47.0 Å². The number of carbonyl (C=O) groups excluding carboxylic acids is 1. The van der Waals surface area contributed by atoms with Gasteiger partial charge in [0, 0.05) is 30.9 Å². The number of aryl methyl sites for hydroxylation is 1. The summed E-state index contributed by atoms with van der Waals surface area (Å²) in [6, 6.07) is 0.119. The first kappa shape index (κ1) is 16.8. The van der Waals surface area contributed by atoms with Crippen molar-refractivity contribution in [2.45, 2.75) is 64.7 Å². The van der Waals surface area contributed by atoms with Gasteiger partial charge >= 0.3 is 6.09 Å². The van der Waals surface area contributed by atoms with E-state index in [1.54, 1.807) is 11.1 Å². The van der Waals surface area contributed by atoms with Crippen molar-refractivity contribution < 1.29 is 14.3 Å². The molecule has 3 rings (SSSR count). The number of hydrogen-bond donors (Lipinski definition) is 1. The number of aromatic nitrogens is 2. The molecular weight excluding hydrogens is 308 g/mol. The maximum atomic E-state index is 12.1. The van der Waals surface area contributed by atoms with Gasteiger partial charge in [0.2, 0.25) is 11.8 Å². The summed E-state index contributed by atoms with van der Waals surface area (Å²) in [6.07, 6.45) is 4.84. The van der Waals surface area contributed by atoms with Crippen LogP contribution in [0.4, 0.5) is 10.7 Å². The fourth-order valence-electron chi connectivity index (χ4n) is 2.51. The fourth-order valence-corrected chi connectivity index (χ4v) is 2.51. The SMILES string of the molecule is Cc1cnc(N[C@@H]2CCN(C(=O)OC(C)(C)C)C2)nc1OC1CC1. The third kappa shape index (κ3) is 4.49. The minimum absolute atomic E-state index is 0.119. The molecule has 1 atom stereocenters. The number of rotatable bonds is 4. The second-order valence-corrected chi connectivity index (χ2v) is 7.56. The molecule has 2 aliphatic rings. The molecule has 1 saturated carbocycles. The highest BCUT2D eigenvalue weighted by atomic mass is 16.6. The van der Waals surface area contributed by atoms with Crippen molar-refractivity contribution in [3.05, 3.63) is 11.8 Å². The summed E-state index contributed by atoms with van der Waals surface area (Å²) in [4.78, 5) is 22.6. The second kappa shape index (κ2) is 6.45. The van der Waals surface area contributed by atoms with Crippen molar-refractivity contribution >= 4 is 12.0 Å². The molecule has 132 valence electrons. The number of nitrogens with zero attached hydrogens (tertiary/aromatic N) is 3. The zero-order valence-corrected chi connectivity index (χ0v) is 14.8. The lowest BCUT2D eigenvalue weighted by molar-refractivity contribution is 0.0293. The van der Waals surface area contributed by atoms with Gasteiger partial charge in [0.05, 0.1) is 0 Å². The van der Waals surface area contributed by atoms with Crippen molar-refractivity contribution in [2.75, 3.05) is 18.4 Å². The average Bonchev–Trinajstić information content (AvgIpc) is 3.16. The number of likely N-dealkylation sites (tertiary alicyclic amines) is 1. The van der Waals surface area contributed by atoms with Crippen LogP contribution < -0.4 is 10.1 Å². The standard InChI is InChI=1S/C17H26N4O3/c1-11-9-18-15(20-14(11)23-13-5-6-13)19-12-7-8-21(10-12)16(22)24-17(2,3)4/h9,12-13H,5-8,10H2,1-4H3,(H,18,19,20)/t12-/m1/s1. The lowest BCUT2D eigenvalue weighted by Crippen LogP contribution is -2.36. The van der Waals surface area contributed by atoms with E-state index in [2.05, 4.69) is 15.3 Å². The average molecular weight is 334 g/mol. The summed E-state index contributed by atoms with van der Waals surface area (Å²) < 4.78 is 11.2. The highest BCUT2D eigenvalue weighted by Crippen LogP contribution is 2.28. The Labute approximate surface area is 142 Å². The minimum Gasteiger partial charge on any atom is -0.474 e. The predicted molar refractivity (Wildman–Crippen MR) is 90.3 cm³/mol. The molecule has 0 aromatic carbocycles. The Morgan fingerprint density at radius 1 is 1.33 bits per heavy atom. The van der Waals surface area contributed by atoms with Gasteiger partial charge in [-0.2, -0.15) is 4.98 Å². The summed E-state index contributed by atoms with van der Waals surface area (Å²) in [5.41, 5.74) is 0.465. The van der Waals surface area contributed by atoms with E-state index in [-0.39, 0.29) is 12.1 Å². The molecule has 0 radical (unpaired) electrons. The van der Waals surface area contributed by atoms with Gasteiger partial charge < -0.3 is 19.7 Å². The maximum Gasteiger partial charge on any atom is 0.410 e. The normalized spacial score (nSPS) is 20.8. The predicted octanol–water partition coefficient (Wildman–Crippen LogP) is 2.75. The lowest BCUT2D eigenvalue weighted by atomic mass is 10.2. The molecule has 0 spiro atoms. The van der Waals surface area contributed by atoms with Crippen LogP contribution in [0, 0.1) is 6.92 Å². The number of anilines is 1. The topological polar surface area (TPSA) is 76.6 Å². The van der Waals surface area contributed by atoms with E-state index in [1.807, 2.05) is 27.7 Å². The highest BCUT2D eigenvalue weighted by Gasteiger charge is 2.30. The van der Waals surface area contributed by atoms with E-state index in [1.165, 1.54) is 0 Å². The molecule has 7 heteroatoms. The number of hydrogen-bond acceptors (Lipinski definition) is 6. The van der Waals surface area contributed by atoms with Crippen molar-refractivity contribution in [1.29, 1.82) is 0 Å². The largest absolute Gasteiger partial charge is 0.474 e. The van der Waals surface area contributed by atoms with Crippen LogP contribution in [0.3, 0.4) is 0 Å². The minimum atomic E-state index is -0.474. The van der Waals surface area contributed by atoms with Crippen LogP contribution in [-0.4, -0.2) is 51.8 Å². The summed E-state index contributed by atoms with van der Waals surface area (Å²) >= 11 is 0. The molecule has 1 aliphatic carbocycles. The molecule has 1 amide bonds. The zero-order chi connectivity index (χ0) is 17.3. The molecule has 1 N–H and O–H groups in total. The van der Waals surface area contributed by atoms with Crippen LogP contribution in [0.5, 0.6) is 5.88 Å². The second-order valence-electron chi connectivity index (χ2n) is 7.56. The van der Waals surface area contributed by atoms with E-state index in [0.717, 1.165) is 24.8 Å². The summed E-state index contributed by atoms with van der Waals surface area (Å²) in [6.45, 7) is 8.82. The Bertz CT molecular complexity index is 610. The van der Waals surface area contributed by atoms with Crippen LogP contribution in [0.2, 0.25) is 0 Å². The molecule has 2 heterocycles.